The summed E-state index contributed by atoms with van der Waals surface area (Å²) in [7, 11) is 0. The van der Waals surface area contributed by atoms with E-state index in [0.29, 0.717) is 17.5 Å². The highest BCUT2D eigenvalue weighted by molar-refractivity contribution is 6.53. The van der Waals surface area contributed by atoms with Crippen LogP contribution in [0.1, 0.15) is 30.9 Å². The summed E-state index contributed by atoms with van der Waals surface area (Å²) < 4.78 is 0. The third-order valence-electron chi connectivity index (χ3n) is 4.49. The molecule has 24 heavy (non-hydrogen) atoms. The Morgan fingerprint density at radius 2 is 1.33 bits per heavy atom. The zero-order valence-electron chi connectivity index (χ0n) is 13.6. The summed E-state index contributed by atoms with van der Waals surface area (Å²) in [5.41, 5.74) is -0.482. The number of amides is 2. The SMILES string of the molecule is CCCCN1C(=O)C(=O)C(c2ccccc2)(c2ccccc2)C1=O. The fourth-order valence-electron chi connectivity index (χ4n) is 3.25. The summed E-state index contributed by atoms with van der Waals surface area (Å²) in [6, 6.07) is 17.7. The standard InChI is InChI=1S/C20H19NO3/c1-2-3-14-21-18(23)17(22)20(19(21)24,15-10-6-4-7-11-15)16-12-8-5-9-13-16/h4-13H,2-3,14H2,1H3. The van der Waals surface area contributed by atoms with Gasteiger partial charge in [-0.15, -0.1) is 0 Å². The second-order valence-electron chi connectivity index (χ2n) is 5.93. The Hall–Kier alpha value is -2.75. The highest BCUT2D eigenvalue weighted by Gasteiger charge is 2.61. The van der Waals surface area contributed by atoms with E-state index in [9.17, 15) is 14.4 Å². The van der Waals surface area contributed by atoms with Crippen molar-refractivity contribution in [2.45, 2.75) is 25.2 Å². The molecule has 0 bridgehead atoms. The van der Waals surface area contributed by atoms with Crippen LogP contribution in [0.2, 0.25) is 0 Å². The lowest BCUT2D eigenvalue weighted by molar-refractivity contribution is -0.143. The fourth-order valence-corrected chi connectivity index (χ4v) is 3.25. The van der Waals surface area contributed by atoms with Crippen molar-refractivity contribution in [1.29, 1.82) is 0 Å². The Bertz CT molecular complexity index is 728. The van der Waals surface area contributed by atoms with Crippen molar-refractivity contribution >= 4 is 17.6 Å². The molecule has 0 spiro atoms. The number of hydrogen-bond donors (Lipinski definition) is 0. The van der Waals surface area contributed by atoms with Gasteiger partial charge in [-0.05, 0) is 17.5 Å². The number of imide groups is 1. The molecule has 0 unspecified atom stereocenters. The maximum absolute atomic E-state index is 13.2. The maximum Gasteiger partial charge on any atom is 0.298 e. The molecule has 2 amide bonds. The smallest absolute Gasteiger partial charge is 0.287 e. The van der Waals surface area contributed by atoms with E-state index in [1.54, 1.807) is 48.5 Å². The maximum atomic E-state index is 13.2. The van der Waals surface area contributed by atoms with E-state index in [1.807, 2.05) is 19.1 Å². The number of carbonyl (C=O) groups excluding carboxylic acids is 3. The predicted molar refractivity (Wildman–Crippen MR) is 90.3 cm³/mol. The van der Waals surface area contributed by atoms with Crippen LogP contribution in [0.25, 0.3) is 0 Å². The van der Waals surface area contributed by atoms with Crippen molar-refractivity contribution in [3.63, 3.8) is 0 Å². The highest BCUT2D eigenvalue weighted by atomic mass is 16.2. The topological polar surface area (TPSA) is 54.5 Å². The summed E-state index contributed by atoms with van der Waals surface area (Å²) in [5, 5.41) is 0. The van der Waals surface area contributed by atoms with E-state index in [4.69, 9.17) is 0 Å². The van der Waals surface area contributed by atoms with Crippen LogP contribution >= 0.6 is 0 Å². The molecule has 0 saturated carbocycles. The second-order valence-corrected chi connectivity index (χ2v) is 5.93. The van der Waals surface area contributed by atoms with Gasteiger partial charge in [-0.3, -0.25) is 19.3 Å². The number of rotatable bonds is 5. The molecule has 1 fully saturated rings. The van der Waals surface area contributed by atoms with Crippen LogP contribution in [0.3, 0.4) is 0 Å². The molecule has 0 atom stereocenters. The van der Waals surface area contributed by atoms with Gasteiger partial charge < -0.3 is 0 Å². The van der Waals surface area contributed by atoms with Crippen LogP contribution in [0.4, 0.5) is 0 Å². The van der Waals surface area contributed by atoms with Gasteiger partial charge in [-0.25, -0.2) is 0 Å². The minimum atomic E-state index is -1.56. The number of ketones is 1. The summed E-state index contributed by atoms with van der Waals surface area (Å²) >= 11 is 0. The Morgan fingerprint density at radius 3 is 1.79 bits per heavy atom. The molecule has 4 heteroatoms. The Morgan fingerprint density at radius 1 is 0.833 bits per heavy atom. The first-order valence-corrected chi connectivity index (χ1v) is 8.15. The van der Waals surface area contributed by atoms with Gasteiger partial charge in [-0.1, -0.05) is 74.0 Å². The zero-order valence-corrected chi connectivity index (χ0v) is 13.6. The molecule has 4 nitrogen and oxygen atoms in total. The van der Waals surface area contributed by atoms with Crippen molar-refractivity contribution in [3.05, 3.63) is 71.8 Å². The molecule has 0 radical (unpaired) electrons. The Labute approximate surface area is 141 Å². The molecular formula is C20H19NO3. The molecule has 3 rings (SSSR count). The lowest BCUT2D eigenvalue weighted by atomic mass is 9.72. The van der Waals surface area contributed by atoms with Gasteiger partial charge in [0.1, 0.15) is 0 Å². The van der Waals surface area contributed by atoms with E-state index in [-0.39, 0.29) is 6.54 Å². The third-order valence-corrected chi connectivity index (χ3v) is 4.49. The predicted octanol–water partition coefficient (Wildman–Crippen LogP) is 2.71. The molecule has 2 aromatic carbocycles. The van der Waals surface area contributed by atoms with Gasteiger partial charge in [0.15, 0.2) is 5.41 Å². The molecule has 1 saturated heterocycles. The van der Waals surface area contributed by atoms with Crippen molar-refractivity contribution in [2.24, 2.45) is 0 Å². The average molecular weight is 321 g/mol. The molecule has 0 aliphatic carbocycles. The van der Waals surface area contributed by atoms with E-state index in [1.165, 1.54) is 0 Å². The van der Waals surface area contributed by atoms with Crippen molar-refractivity contribution in [3.8, 4) is 0 Å². The van der Waals surface area contributed by atoms with E-state index in [2.05, 4.69) is 0 Å². The summed E-state index contributed by atoms with van der Waals surface area (Å²) in [5.74, 6) is -1.81. The average Bonchev–Trinajstić information content (AvgIpc) is 2.82. The number of Topliss-reactive ketones (excluding diaryl/α,β-unsaturated/α-hetero) is 1. The Balaban J connectivity index is 2.21. The second kappa shape index (κ2) is 6.40. The first kappa shape index (κ1) is 16.1. The van der Waals surface area contributed by atoms with Crippen molar-refractivity contribution in [1.82, 2.24) is 4.90 Å². The largest absolute Gasteiger partial charge is 0.298 e. The van der Waals surface area contributed by atoms with Gasteiger partial charge in [0, 0.05) is 6.54 Å². The minimum absolute atomic E-state index is 0.279. The molecular weight excluding hydrogens is 302 g/mol. The van der Waals surface area contributed by atoms with Gasteiger partial charge >= 0.3 is 0 Å². The molecule has 0 aromatic heterocycles. The van der Waals surface area contributed by atoms with Crippen LogP contribution in [0.15, 0.2) is 60.7 Å². The molecule has 2 aromatic rings. The number of hydrogen-bond acceptors (Lipinski definition) is 3. The molecule has 1 aliphatic heterocycles. The van der Waals surface area contributed by atoms with Crippen LogP contribution in [0, 0.1) is 0 Å². The third kappa shape index (κ3) is 2.26. The van der Waals surface area contributed by atoms with Gasteiger partial charge in [0.2, 0.25) is 5.78 Å². The first-order chi connectivity index (χ1) is 11.6. The molecule has 1 heterocycles. The number of carbonyl (C=O) groups is 3. The van der Waals surface area contributed by atoms with Gasteiger partial charge in [0.05, 0.1) is 0 Å². The summed E-state index contributed by atoms with van der Waals surface area (Å²) in [4.78, 5) is 39.9. The normalized spacial score (nSPS) is 16.7. The van der Waals surface area contributed by atoms with Crippen LogP contribution in [-0.4, -0.2) is 29.0 Å². The summed E-state index contributed by atoms with van der Waals surface area (Å²) in [6.07, 6.45) is 1.53. The number of unbranched alkanes of at least 4 members (excludes halogenated alkanes) is 1. The molecule has 1 aliphatic rings. The number of benzene rings is 2. The van der Waals surface area contributed by atoms with Crippen LogP contribution < -0.4 is 0 Å². The van der Waals surface area contributed by atoms with E-state index >= 15 is 0 Å². The van der Waals surface area contributed by atoms with Crippen molar-refractivity contribution in [2.75, 3.05) is 6.54 Å². The number of likely N-dealkylation sites (tertiary alicyclic amines) is 1. The summed E-state index contributed by atoms with van der Waals surface area (Å²) in [6.45, 7) is 2.26. The van der Waals surface area contributed by atoms with Crippen molar-refractivity contribution < 1.29 is 14.4 Å². The van der Waals surface area contributed by atoms with Gasteiger partial charge in [-0.2, -0.15) is 0 Å². The molecule has 122 valence electrons. The monoisotopic (exact) mass is 321 g/mol. The zero-order chi connectivity index (χ0) is 17.2. The fraction of sp³-hybridized carbons (Fsp3) is 0.250. The lowest BCUT2D eigenvalue weighted by Gasteiger charge is -2.26. The Kier molecular flexibility index (Phi) is 4.30. The van der Waals surface area contributed by atoms with E-state index < -0.39 is 23.0 Å². The van der Waals surface area contributed by atoms with E-state index in [0.717, 1.165) is 11.3 Å². The minimum Gasteiger partial charge on any atom is -0.287 e. The highest BCUT2D eigenvalue weighted by Crippen LogP contribution is 2.40. The van der Waals surface area contributed by atoms with Crippen LogP contribution in [0.5, 0.6) is 0 Å². The number of nitrogens with zero attached hydrogens (tertiary/aromatic N) is 1. The quantitative estimate of drug-likeness (QED) is 0.483. The lowest BCUT2D eigenvalue weighted by Crippen LogP contribution is -2.42. The molecule has 0 N–H and O–H groups in total. The van der Waals surface area contributed by atoms with Crippen LogP contribution in [-0.2, 0) is 19.8 Å². The first-order valence-electron chi connectivity index (χ1n) is 8.15. The van der Waals surface area contributed by atoms with Gasteiger partial charge in [0.25, 0.3) is 11.8 Å².